The van der Waals surface area contributed by atoms with Crippen molar-refractivity contribution in [2.24, 2.45) is 0 Å². The molecular formula is C24H26N6O4S. The molecule has 0 spiro atoms. The summed E-state index contributed by atoms with van der Waals surface area (Å²) >= 11 is 1.48. The topological polar surface area (TPSA) is 138 Å². The average molecular weight is 495 g/mol. The van der Waals surface area contributed by atoms with Gasteiger partial charge in [0.2, 0.25) is 11.8 Å². The second-order valence-electron chi connectivity index (χ2n) is 8.71. The fraction of sp³-hybridized carbons (Fsp3) is 0.375. The van der Waals surface area contributed by atoms with Gasteiger partial charge in [0.05, 0.1) is 34.7 Å². The van der Waals surface area contributed by atoms with Crippen LogP contribution in [0.2, 0.25) is 0 Å². The number of nitrogens with one attached hydrogen (secondary N) is 3. The molecule has 0 bridgehead atoms. The molecule has 1 fully saturated rings. The number of methoxy groups -OCH3 is 1. The predicted molar refractivity (Wildman–Crippen MR) is 132 cm³/mol. The third-order valence-corrected chi connectivity index (χ3v) is 7.40. The first kappa shape index (κ1) is 23.5. The molecule has 0 atom stereocenters. The second kappa shape index (κ2) is 9.76. The van der Waals surface area contributed by atoms with Gasteiger partial charge in [0, 0.05) is 24.8 Å². The Morgan fingerprint density at radius 3 is 2.86 bits per heavy atom. The van der Waals surface area contributed by atoms with Gasteiger partial charge in [-0.05, 0) is 49.9 Å². The van der Waals surface area contributed by atoms with Crippen LogP contribution in [-0.2, 0) is 16.1 Å². The van der Waals surface area contributed by atoms with Crippen LogP contribution in [-0.4, -0.2) is 56.4 Å². The lowest BCUT2D eigenvalue weighted by atomic mass is 9.81. The summed E-state index contributed by atoms with van der Waals surface area (Å²) in [4.78, 5) is 38.8. The predicted octanol–water partition coefficient (Wildman–Crippen LogP) is 2.48. The van der Waals surface area contributed by atoms with Gasteiger partial charge in [0.15, 0.2) is 0 Å². The molecule has 3 aromatic heterocycles. The highest BCUT2D eigenvalue weighted by atomic mass is 32.2. The second-order valence-corrected chi connectivity index (χ2v) is 9.72. The van der Waals surface area contributed by atoms with Gasteiger partial charge in [-0.25, -0.2) is 9.97 Å². The van der Waals surface area contributed by atoms with Crippen molar-refractivity contribution in [3.8, 4) is 5.88 Å². The summed E-state index contributed by atoms with van der Waals surface area (Å²) in [6.07, 6.45) is 3.55. The van der Waals surface area contributed by atoms with E-state index in [-0.39, 0.29) is 11.9 Å². The van der Waals surface area contributed by atoms with Gasteiger partial charge in [-0.15, -0.1) is 11.8 Å². The van der Waals surface area contributed by atoms with Crippen LogP contribution in [0.25, 0.3) is 11.0 Å². The van der Waals surface area contributed by atoms with Crippen LogP contribution in [0, 0.1) is 0 Å². The lowest BCUT2D eigenvalue weighted by molar-refractivity contribution is -0.137. The number of aliphatic hydroxyl groups is 1. The van der Waals surface area contributed by atoms with Gasteiger partial charge < -0.3 is 25.8 Å². The summed E-state index contributed by atoms with van der Waals surface area (Å²) in [5, 5.41) is 20.2. The van der Waals surface area contributed by atoms with Crippen molar-refractivity contribution in [2.75, 3.05) is 23.5 Å². The van der Waals surface area contributed by atoms with Gasteiger partial charge >= 0.3 is 0 Å². The van der Waals surface area contributed by atoms with Crippen molar-refractivity contribution in [1.29, 1.82) is 0 Å². The van der Waals surface area contributed by atoms with Crippen LogP contribution in [0.3, 0.4) is 0 Å². The van der Waals surface area contributed by atoms with Crippen LogP contribution in [0.15, 0.2) is 41.4 Å². The molecule has 10 nitrogen and oxygen atoms in total. The minimum Gasteiger partial charge on any atom is -0.481 e. The SMILES string of the molecule is COc1ccc2nccc(NC(=O)C3(O)CCC(NCc4ccc5c(n4)NC(=O)CS5)CC3)c2n1. The van der Waals surface area contributed by atoms with E-state index in [0.29, 0.717) is 66.4 Å². The van der Waals surface area contributed by atoms with E-state index in [9.17, 15) is 14.7 Å². The Kier molecular flexibility index (Phi) is 6.54. The maximum atomic E-state index is 13.0. The van der Waals surface area contributed by atoms with E-state index in [4.69, 9.17) is 4.74 Å². The molecule has 0 radical (unpaired) electrons. The zero-order chi connectivity index (χ0) is 24.4. The number of hydrogen-bond acceptors (Lipinski definition) is 9. The Bertz CT molecular complexity index is 1280. The number of amides is 2. The first-order valence-electron chi connectivity index (χ1n) is 11.4. The zero-order valence-corrected chi connectivity index (χ0v) is 20.0. The first-order chi connectivity index (χ1) is 16.9. The number of ether oxygens (including phenoxy) is 1. The number of carbonyl (C=O) groups is 2. The number of carbonyl (C=O) groups excluding carboxylic acids is 2. The van der Waals surface area contributed by atoms with Crippen molar-refractivity contribution in [1.82, 2.24) is 20.3 Å². The number of aromatic nitrogens is 3. The number of thioether (sulfide) groups is 1. The van der Waals surface area contributed by atoms with Crippen LogP contribution < -0.4 is 20.7 Å². The molecule has 1 aliphatic carbocycles. The first-order valence-corrected chi connectivity index (χ1v) is 12.4. The normalized spacial score (nSPS) is 21.8. The molecule has 4 heterocycles. The number of pyridine rings is 3. The molecule has 0 saturated heterocycles. The quantitative estimate of drug-likeness (QED) is 0.407. The molecule has 4 N–H and O–H groups in total. The summed E-state index contributed by atoms with van der Waals surface area (Å²) in [7, 11) is 1.52. The van der Waals surface area contributed by atoms with Crippen molar-refractivity contribution >= 4 is 46.1 Å². The number of hydrogen-bond donors (Lipinski definition) is 4. The minimum absolute atomic E-state index is 0.0420. The Balaban J connectivity index is 1.18. The summed E-state index contributed by atoms with van der Waals surface area (Å²) < 4.78 is 5.19. The third kappa shape index (κ3) is 5.07. The molecule has 2 amide bonds. The van der Waals surface area contributed by atoms with Crippen LogP contribution in [0.4, 0.5) is 11.5 Å². The standard InChI is InChI=1S/C24H26N6O4S/c1-34-20-5-3-16-21(30-20)17(8-11-25-16)28-23(32)24(33)9-6-14(7-10-24)26-12-15-2-4-18-22(27-15)29-19(31)13-35-18/h2-5,8,11,14,26,33H,6-7,9-10,12-13H2,1H3,(H,25,28,32)(H,27,29,31). The van der Waals surface area contributed by atoms with Gasteiger partial charge in [-0.3, -0.25) is 14.6 Å². The molecule has 182 valence electrons. The Morgan fingerprint density at radius 2 is 2.06 bits per heavy atom. The van der Waals surface area contributed by atoms with Crippen molar-refractivity contribution in [3.63, 3.8) is 0 Å². The van der Waals surface area contributed by atoms with E-state index in [0.717, 1.165) is 10.6 Å². The smallest absolute Gasteiger partial charge is 0.256 e. The largest absolute Gasteiger partial charge is 0.481 e. The van der Waals surface area contributed by atoms with Gasteiger partial charge in [-0.2, -0.15) is 0 Å². The molecule has 11 heteroatoms. The molecule has 2 aliphatic rings. The van der Waals surface area contributed by atoms with Gasteiger partial charge in [0.1, 0.15) is 16.9 Å². The molecule has 0 unspecified atom stereocenters. The molecule has 0 aromatic carbocycles. The maximum absolute atomic E-state index is 13.0. The third-order valence-electron chi connectivity index (χ3n) is 6.36. The molecule has 35 heavy (non-hydrogen) atoms. The molecular weight excluding hydrogens is 468 g/mol. The fourth-order valence-corrected chi connectivity index (χ4v) is 5.10. The van der Waals surface area contributed by atoms with E-state index < -0.39 is 11.5 Å². The van der Waals surface area contributed by atoms with E-state index in [1.807, 2.05) is 12.1 Å². The molecule has 3 aromatic rings. The van der Waals surface area contributed by atoms with E-state index >= 15 is 0 Å². The van der Waals surface area contributed by atoms with Gasteiger partial charge in [0.25, 0.3) is 5.91 Å². The highest BCUT2D eigenvalue weighted by Gasteiger charge is 2.40. The Hall–Kier alpha value is -3.28. The van der Waals surface area contributed by atoms with Crippen molar-refractivity contribution in [2.45, 2.75) is 48.8 Å². The molecule has 1 saturated carbocycles. The Labute approximate surface area is 206 Å². The number of anilines is 2. The van der Waals surface area contributed by atoms with E-state index in [1.54, 1.807) is 24.4 Å². The van der Waals surface area contributed by atoms with Gasteiger partial charge in [-0.1, -0.05) is 0 Å². The maximum Gasteiger partial charge on any atom is 0.256 e. The zero-order valence-electron chi connectivity index (χ0n) is 19.2. The monoisotopic (exact) mass is 494 g/mol. The van der Waals surface area contributed by atoms with Crippen LogP contribution in [0.5, 0.6) is 5.88 Å². The number of rotatable bonds is 6. The van der Waals surface area contributed by atoms with Crippen LogP contribution in [0.1, 0.15) is 31.4 Å². The summed E-state index contributed by atoms with van der Waals surface area (Å²) in [5.74, 6) is 0.946. The van der Waals surface area contributed by atoms with Crippen LogP contribution >= 0.6 is 11.8 Å². The average Bonchev–Trinajstić information content (AvgIpc) is 2.88. The highest BCUT2D eigenvalue weighted by Crippen LogP contribution is 2.32. The highest BCUT2D eigenvalue weighted by molar-refractivity contribution is 8.00. The van der Waals surface area contributed by atoms with E-state index in [1.165, 1.54) is 18.9 Å². The number of fused-ring (bicyclic) bond motifs is 2. The van der Waals surface area contributed by atoms with Crippen molar-refractivity contribution < 1.29 is 19.4 Å². The van der Waals surface area contributed by atoms with Crippen molar-refractivity contribution in [3.05, 3.63) is 42.2 Å². The lowest BCUT2D eigenvalue weighted by Gasteiger charge is -2.35. The summed E-state index contributed by atoms with van der Waals surface area (Å²) in [5.41, 5.74) is 0.982. The summed E-state index contributed by atoms with van der Waals surface area (Å²) in [6, 6.07) is 9.21. The minimum atomic E-state index is -1.46. The molecule has 5 rings (SSSR count). The fourth-order valence-electron chi connectivity index (χ4n) is 4.34. The van der Waals surface area contributed by atoms with E-state index in [2.05, 4.69) is 30.9 Å². The molecule has 1 aliphatic heterocycles. The number of nitrogens with zero attached hydrogens (tertiary/aromatic N) is 3. The summed E-state index contributed by atoms with van der Waals surface area (Å²) in [6.45, 7) is 0.541. The Morgan fingerprint density at radius 1 is 1.23 bits per heavy atom. The lowest BCUT2D eigenvalue weighted by Crippen LogP contribution is -2.48.